The van der Waals surface area contributed by atoms with Crippen molar-refractivity contribution in [2.24, 2.45) is 0 Å². The Bertz CT molecular complexity index is 628. The van der Waals surface area contributed by atoms with Gasteiger partial charge in [-0.15, -0.1) is 0 Å². The smallest absolute Gasteiger partial charge is 0.306 e. The summed E-state index contributed by atoms with van der Waals surface area (Å²) in [5.41, 5.74) is 0.423. The number of carbonyl (C=O) groups is 3. The zero-order valence-corrected chi connectivity index (χ0v) is 14.3. The van der Waals surface area contributed by atoms with Crippen molar-refractivity contribution in [2.75, 3.05) is 26.4 Å². The number of unbranched alkanes of at least 4 members (excludes halogenated alkanes) is 2. The number of hydrogen-bond donors (Lipinski definition) is 1. The first-order valence-corrected chi connectivity index (χ1v) is 8.39. The second-order valence-electron chi connectivity index (χ2n) is 5.74. The van der Waals surface area contributed by atoms with Gasteiger partial charge in [0.05, 0.1) is 0 Å². The molecule has 7 heteroatoms. The molecule has 136 valence electrons. The van der Waals surface area contributed by atoms with Crippen molar-refractivity contribution in [3.8, 4) is 11.5 Å². The fraction of sp³-hybridized carbons (Fsp3) is 0.500. The van der Waals surface area contributed by atoms with Crippen molar-refractivity contribution in [3.63, 3.8) is 0 Å². The molecule has 0 radical (unpaired) electrons. The van der Waals surface area contributed by atoms with Gasteiger partial charge in [0.1, 0.15) is 13.2 Å². The number of carbonyl (C=O) groups excluding carboxylic acids is 3. The fourth-order valence-corrected chi connectivity index (χ4v) is 2.35. The minimum Gasteiger partial charge on any atom is -0.486 e. The van der Waals surface area contributed by atoms with E-state index in [0.29, 0.717) is 43.2 Å². The van der Waals surface area contributed by atoms with Crippen LogP contribution in [0.3, 0.4) is 0 Å². The highest BCUT2D eigenvalue weighted by Gasteiger charge is 2.16. The largest absolute Gasteiger partial charge is 0.486 e. The van der Waals surface area contributed by atoms with Crippen molar-refractivity contribution in [1.29, 1.82) is 0 Å². The first-order chi connectivity index (χ1) is 12.1. The van der Waals surface area contributed by atoms with Crippen LogP contribution in [-0.2, 0) is 14.3 Å². The van der Waals surface area contributed by atoms with Crippen LogP contribution < -0.4 is 14.8 Å². The molecule has 0 spiro atoms. The van der Waals surface area contributed by atoms with E-state index in [-0.39, 0.29) is 24.7 Å². The number of fused-ring (bicyclic) bond motifs is 1. The van der Waals surface area contributed by atoms with Crippen molar-refractivity contribution < 1.29 is 28.6 Å². The molecule has 0 unspecified atom stereocenters. The standard InChI is InChI=1S/C18H23NO6/c1-13(20)19-8-4-2-3-5-18(22)25-12-15(21)14-6-7-16-17(11-14)24-10-9-23-16/h6-7,11H,2-5,8-10,12H2,1H3,(H,19,20). The lowest BCUT2D eigenvalue weighted by atomic mass is 10.1. The first kappa shape index (κ1) is 18.8. The summed E-state index contributed by atoms with van der Waals surface area (Å²) in [5, 5.41) is 2.69. The summed E-state index contributed by atoms with van der Waals surface area (Å²) in [6, 6.07) is 4.91. The van der Waals surface area contributed by atoms with E-state index in [2.05, 4.69) is 5.32 Å². The molecule has 1 aromatic carbocycles. The summed E-state index contributed by atoms with van der Waals surface area (Å²) in [7, 11) is 0. The zero-order chi connectivity index (χ0) is 18.1. The molecule has 1 amide bonds. The molecule has 1 N–H and O–H groups in total. The number of amides is 1. The molecule has 1 aromatic rings. The molecule has 0 aliphatic carbocycles. The molecule has 25 heavy (non-hydrogen) atoms. The molecule has 0 bridgehead atoms. The van der Waals surface area contributed by atoms with Crippen LogP contribution in [0.1, 0.15) is 43.0 Å². The van der Waals surface area contributed by atoms with E-state index in [4.69, 9.17) is 14.2 Å². The fourth-order valence-electron chi connectivity index (χ4n) is 2.35. The van der Waals surface area contributed by atoms with Crippen molar-refractivity contribution in [3.05, 3.63) is 23.8 Å². The summed E-state index contributed by atoms with van der Waals surface area (Å²) in [6.45, 7) is 2.72. The quantitative estimate of drug-likeness (QED) is 0.416. The number of esters is 1. The summed E-state index contributed by atoms with van der Waals surface area (Å²) in [6.07, 6.45) is 2.54. The van der Waals surface area contributed by atoms with Gasteiger partial charge >= 0.3 is 5.97 Å². The maximum atomic E-state index is 12.1. The van der Waals surface area contributed by atoms with Gasteiger partial charge in [-0.25, -0.2) is 0 Å². The molecule has 0 saturated carbocycles. The van der Waals surface area contributed by atoms with Gasteiger partial charge < -0.3 is 19.5 Å². The van der Waals surface area contributed by atoms with Crippen molar-refractivity contribution in [1.82, 2.24) is 5.32 Å². The van der Waals surface area contributed by atoms with Gasteiger partial charge in [0, 0.05) is 25.5 Å². The van der Waals surface area contributed by atoms with Crippen LogP contribution in [-0.4, -0.2) is 44.0 Å². The number of rotatable bonds is 9. The maximum Gasteiger partial charge on any atom is 0.306 e. The van der Waals surface area contributed by atoms with Gasteiger partial charge in [-0.2, -0.15) is 0 Å². The highest BCUT2D eigenvalue weighted by molar-refractivity contribution is 5.98. The Morgan fingerprint density at radius 3 is 2.60 bits per heavy atom. The summed E-state index contributed by atoms with van der Waals surface area (Å²) in [4.78, 5) is 34.5. The first-order valence-electron chi connectivity index (χ1n) is 8.39. The third kappa shape index (κ3) is 6.45. The maximum absolute atomic E-state index is 12.1. The molecular formula is C18H23NO6. The van der Waals surface area contributed by atoms with E-state index in [1.807, 2.05) is 0 Å². The third-order valence-corrected chi connectivity index (χ3v) is 3.66. The predicted molar refractivity (Wildman–Crippen MR) is 89.9 cm³/mol. The topological polar surface area (TPSA) is 90.9 Å². The molecule has 0 saturated heterocycles. The van der Waals surface area contributed by atoms with Gasteiger partial charge in [0.15, 0.2) is 23.9 Å². The molecule has 0 atom stereocenters. The van der Waals surface area contributed by atoms with E-state index in [9.17, 15) is 14.4 Å². The summed E-state index contributed by atoms with van der Waals surface area (Å²) in [5.74, 6) is 0.403. The van der Waals surface area contributed by atoms with Crippen molar-refractivity contribution >= 4 is 17.7 Å². The van der Waals surface area contributed by atoms with Crippen LogP contribution >= 0.6 is 0 Å². The monoisotopic (exact) mass is 349 g/mol. The number of ketones is 1. The second-order valence-corrected chi connectivity index (χ2v) is 5.74. The van der Waals surface area contributed by atoms with Crippen LogP contribution in [0.15, 0.2) is 18.2 Å². The number of ether oxygens (including phenoxy) is 3. The molecule has 7 nitrogen and oxygen atoms in total. The summed E-state index contributed by atoms with van der Waals surface area (Å²) < 4.78 is 15.8. The number of hydrogen-bond acceptors (Lipinski definition) is 6. The minimum absolute atomic E-state index is 0.0583. The molecular weight excluding hydrogens is 326 g/mol. The normalized spacial score (nSPS) is 12.4. The number of nitrogens with one attached hydrogen (secondary N) is 1. The SMILES string of the molecule is CC(=O)NCCCCCC(=O)OCC(=O)c1ccc2c(c1)OCCO2. The zero-order valence-electron chi connectivity index (χ0n) is 14.3. The molecule has 1 aliphatic heterocycles. The van der Waals surface area contributed by atoms with Gasteiger partial charge in [-0.1, -0.05) is 6.42 Å². The van der Waals surface area contributed by atoms with Crippen molar-refractivity contribution in [2.45, 2.75) is 32.6 Å². The Labute approximate surface area is 146 Å². The summed E-state index contributed by atoms with van der Waals surface area (Å²) >= 11 is 0. The molecule has 0 aromatic heterocycles. The second kappa shape index (κ2) is 9.66. The van der Waals surface area contributed by atoms with Crippen LogP contribution in [0.4, 0.5) is 0 Å². The molecule has 2 rings (SSSR count). The minimum atomic E-state index is -0.398. The van der Waals surface area contributed by atoms with Crippen LogP contribution in [0.5, 0.6) is 11.5 Å². The highest BCUT2D eigenvalue weighted by atomic mass is 16.6. The van der Waals surface area contributed by atoms with E-state index in [1.54, 1.807) is 18.2 Å². The van der Waals surface area contributed by atoms with E-state index in [0.717, 1.165) is 12.8 Å². The number of Topliss-reactive ketones (excluding diaryl/α,β-unsaturated/α-hetero) is 1. The Morgan fingerprint density at radius 2 is 1.84 bits per heavy atom. The lowest BCUT2D eigenvalue weighted by Crippen LogP contribution is -2.20. The van der Waals surface area contributed by atoms with E-state index in [1.165, 1.54) is 6.92 Å². The average Bonchev–Trinajstić information content (AvgIpc) is 2.61. The molecule has 1 heterocycles. The third-order valence-electron chi connectivity index (χ3n) is 3.66. The van der Waals surface area contributed by atoms with Gasteiger partial charge in [-0.05, 0) is 31.0 Å². The number of benzene rings is 1. The lowest BCUT2D eigenvalue weighted by Gasteiger charge is -2.18. The highest BCUT2D eigenvalue weighted by Crippen LogP contribution is 2.30. The average molecular weight is 349 g/mol. The lowest BCUT2D eigenvalue weighted by molar-refractivity contribution is -0.142. The van der Waals surface area contributed by atoms with Gasteiger partial charge in [0.25, 0.3) is 0 Å². The van der Waals surface area contributed by atoms with Crippen LogP contribution in [0.25, 0.3) is 0 Å². The predicted octanol–water partition coefficient (Wildman–Crippen LogP) is 1.88. The van der Waals surface area contributed by atoms with Crippen LogP contribution in [0, 0.1) is 0 Å². The van der Waals surface area contributed by atoms with Gasteiger partial charge in [-0.3, -0.25) is 14.4 Å². The van der Waals surface area contributed by atoms with E-state index < -0.39 is 5.97 Å². The Kier molecular flexibility index (Phi) is 7.25. The van der Waals surface area contributed by atoms with Gasteiger partial charge in [0.2, 0.25) is 5.91 Å². The molecule has 1 aliphatic rings. The Morgan fingerprint density at radius 1 is 1.08 bits per heavy atom. The Balaban J connectivity index is 1.66. The van der Waals surface area contributed by atoms with E-state index >= 15 is 0 Å². The van der Waals surface area contributed by atoms with Crippen LogP contribution in [0.2, 0.25) is 0 Å². The Hall–Kier alpha value is -2.57. The molecule has 0 fully saturated rings.